The van der Waals surface area contributed by atoms with Crippen LogP contribution in [-0.2, 0) is 24.4 Å². The summed E-state index contributed by atoms with van der Waals surface area (Å²) in [5.41, 5.74) is 3.61. The van der Waals surface area contributed by atoms with E-state index in [1.165, 1.54) is 0 Å². The molecule has 3 aromatic rings. The van der Waals surface area contributed by atoms with E-state index in [-0.39, 0.29) is 11.9 Å². The zero-order valence-corrected chi connectivity index (χ0v) is 18.1. The lowest BCUT2D eigenvalue weighted by Crippen LogP contribution is -2.38. The molecule has 4 rings (SSSR count). The highest BCUT2D eigenvalue weighted by Crippen LogP contribution is 2.30. The molecule has 2 N–H and O–H groups in total. The van der Waals surface area contributed by atoms with Crippen LogP contribution < -0.4 is 15.4 Å². The van der Waals surface area contributed by atoms with Gasteiger partial charge in [0.15, 0.2) is 6.10 Å². The first-order chi connectivity index (χ1) is 15.6. The zero-order chi connectivity index (χ0) is 22.3. The summed E-state index contributed by atoms with van der Waals surface area (Å²) in [7, 11) is 0. The van der Waals surface area contributed by atoms with Gasteiger partial charge in [-0.15, -0.1) is 0 Å². The Morgan fingerprint density at radius 3 is 2.38 bits per heavy atom. The van der Waals surface area contributed by atoms with Crippen LogP contribution in [0.3, 0.4) is 0 Å². The van der Waals surface area contributed by atoms with Crippen molar-refractivity contribution in [1.29, 1.82) is 0 Å². The molecule has 1 aliphatic heterocycles. The summed E-state index contributed by atoms with van der Waals surface area (Å²) >= 11 is 0. The third kappa shape index (κ3) is 5.27. The molecule has 3 amide bonds. The lowest BCUT2D eigenvalue weighted by molar-refractivity contribution is -0.139. The summed E-state index contributed by atoms with van der Waals surface area (Å²) in [5.74, 6) is 0.652. The normalized spacial score (nSPS) is 15.3. The van der Waals surface area contributed by atoms with Gasteiger partial charge in [-0.25, -0.2) is 4.79 Å². The molecule has 6 nitrogen and oxygen atoms in total. The van der Waals surface area contributed by atoms with Crippen LogP contribution in [0.15, 0.2) is 78.9 Å². The number of benzene rings is 3. The van der Waals surface area contributed by atoms with Gasteiger partial charge < -0.3 is 20.3 Å². The smallest absolute Gasteiger partial charge is 0.319 e. The Labute approximate surface area is 188 Å². The molecule has 1 atom stereocenters. The SMILES string of the molecule is CCC1Oc2ccc(NC(=O)NCc3ccccc3)cc2CN(Cc2ccccc2)C1=O. The topological polar surface area (TPSA) is 70.7 Å². The number of anilines is 1. The largest absolute Gasteiger partial charge is 0.480 e. The van der Waals surface area contributed by atoms with Crippen LogP contribution in [0.5, 0.6) is 5.75 Å². The highest BCUT2D eigenvalue weighted by atomic mass is 16.5. The Morgan fingerprint density at radius 1 is 1.00 bits per heavy atom. The minimum atomic E-state index is -0.520. The average molecular weight is 430 g/mol. The summed E-state index contributed by atoms with van der Waals surface area (Å²) in [4.78, 5) is 27.2. The van der Waals surface area contributed by atoms with Crippen molar-refractivity contribution >= 4 is 17.6 Å². The third-order valence-electron chi connectivity index (χ3n) is 5.42. The standard InChI is InChI=1S/C26H27N3O3/c1-2-23-25(30)29(17-20-11-7-4-8-12-20)18-21-15-22(13-14-24(21)32-23)28-26(31)27-16-19-9-5-3-6-10-19/h3-15,23H,2,16-18H2,1H3,(H2,27,28,31). The minimum absolute atomic E-state index is 0.0253. The van der Waals surface area contributed by atoms with Gasteiger partial charge in [0.25, 0.3) is 5.91 Å². The molecule has 1 heterocycles. The van der Waals surface area contributed by atoms with Crippen molar-refractivity contribution in [3.8, 4) is 5.75 Å². The number of carbonyl (C=O) groups excluding carboxylic acids is 2. The second-order valence-electron chi connectivity index (χ2n) is 7.81. The van der Waals surface area contributed by atoms with Crippen LogP contribution in [0.1, 0.15) is 30.0 Å². The number of hydrogen-bond acceptors (Lipinski definition) is 3. The van der Waals surface area contributed by atoms with Gasteiger partial charge in [-0.1, -0.05) is 67.6 Å². The van der Waals surface area contributed by atoms with E-state index in [1.807, 2.05) is 84.6 Å². The van der Waals surface area contributed by atoms with Gasteiger partial charge in [-0.2, -0.15) is 0 Å². The van der Waals surface area contributed by atoms with Gasteiger partial charge >= 0.3 is 6.03 Å². The first-order valence-electron chi connectivity index (χ1n) is 10.8. The molecule has 0 saturated heterocycles. The van der Waals surface area contributed by atoms with Crippen molar-refractivity contribution in [2.45, 2.75) is 39.1 Å². The average Bonchev–Trinajstić information content (AvgIpc) is 2.95. The predicted octanol–water partition coefficient (Wildman–Crippen LogP) is 4.71. The van der Waals surface area contributed by atoms with Crippen LogP contribution in [-0.4, -0.2) is 22.9 Å². The highest BCUT2D eigenvalue weighted by molar-refractivity contribution is 5.89. The fraction of sp³-hybridized carbons (Fsp3) is 0.231. The molecule has 0 bridgehead atoms. The molecular weight excluding hydrogens is 402 g/mol. The van der Waals surface area contributed by atoms with Gasteiger partial charge in [-0.05, 0) is 35.7 Å². The molecule has 0 radical (unpaired) electrons. The Balaban J connectivity index is 1.48. The van der Waals surface area contributed by atoms with Crippen LogP contribution >= 0.6 is 0 Å². The van der Waals surface area contributed by atoms with E-state index in [0.717, 1.165) is 16.7 Å². The van der Waals surface area contributed by atoms with Crippen LogP contribution in [0, 0.1) is 0 Å². The number of carbonyl (C=O) groups is 2. The lowest BCUT2D eigenvalue weighted by atomic mass is 10.1. The van der Waals surface area contributed by atoms with Crippen molar-refractivity contribution in [1.82, 2.24) is 10.2 Å². The van der Waals surface area contributed by atoms with E-state index in [0.29, 0.717) is 37.5 Å². The van der Waals surface area contributed by atoms with Crippen LogP contribution in [0.4, 0.5) is 10.5 Å². The van der Waals surface area contributed by atoms with E-state index in [4.69, 9.17) is 4.74 Å². The quantitative estimate of drug-likeness (QED) is 0.596. The van der Waals surface area contributed by atoms with Crippen LogP contribution in [0.2, 0.25) is 0 Å². The molecule has 0 aliphatic carbocycles. The number of nitrogens with zero attached hydrogens (tertiary/aromatic N) is 1. The predicted molar refractivity (Wildman–Crippen MR) is 124 cm³/mol. The fourth-order valence-corrected chi connectivity index (χ4v) is 3.74. The van der Waals surface area contributed by atoms with Gasteiger partial charge in [-0.3, -0.25) is 4.79 Å². The summed E-state index contributed by atoms with van der Waals surface area (Å²) in [6, 6.07) is 24.9. The number of amides is 3. The minimum Gasteiger partial charge on any atom is -0.480 e. The molecule has 32 heavy (non-hydrogen) atoms. The maximum Gasteiger partial charge on any atom is 0.319 e. The zero-order valence-electron chi connectivity index (χ0n) is 18.1. The summed E-state index contributed by atoms with van der Waals surface area (Å²) in [6.45, 7) is 3.31. The first kappa shape index (κ1) is 21.4. The van der Waals surface area contributed by atoms with E-state index >= 15 is 0 Å². The molecule has 1 unspecified atom stereocenters. The molecule has 0 aromatic heterocycles. The van der Waals surface area contributed by atoms with E-state index in [1.54, 1.807) is 6.07 Å². The van der Waals surface area contributed by atoms with Gasteiger partial charge in [0.1, 0.15) is 5.75 Å². The van der Waals surface area contributed by atoms with E-state index in [2.05, 4.69) is 10.6 Å². The first-order valence-corrected chi connectivity index (χ1v) is 10.8. The Kier molecular flexibility index (Phi) is 6.70. The molecule has 1 aliphatic rings. The molecule has 0 saturated carbocycles. The van der Waals surface area contributed by atoms with Gasteiger partial charge in [0, 0.05) is 30.9 Å². The third-order valence-corrected chi connectivity index (χ3v) is 5.42. The van der Waals surface area contributed by atoms with Crippen molar-refractivity contribution in [3.63, 3.8) is 0 Å². The van der Waals surface area contributed by atoms with Gasteiger partial charge in [0.05, 0.1) is 0 Å². The Morgan fingerprint density at radius 2 is 1.69 bits per heavy atom. The summed E-state index contributed by atoms with van der Waals surface area (Å²) < 4.78 is 6.03. The number of ether oxygens (including phenoxy) is 1. The molecule has 0 fully saturated rings. The number of hydrogen-bond donors (Lipinski definition) is 2. The maximum atomic E-state index is 13.1. The summed E-state index contributed by atoms with van der Waals surface area (Å²) in [5, 5.41) is 5.73. The summed E-state index contributed by atoms with van der Waals surface area (Å²) in [6.07, 6.45) is 0.0683. The van der Waals surface area contributed by atoms with Crippen LogP contribution in [0.25, 0.3) is 0 Å². The lowest BCUT2D eigenvalue weighted by Gasteiger charge is -2.23. The maximum absolute atomic E-state index is 13.1. The second-order valence-corrected chi connectivity index (χ2v) is 7.81. The molecule has 3 aromatic carbocycles. The fourth-order valence-electron chi connectivity index (χ4n) is 3.74. The number of fused-ring (bicyclic) bond motifs is 1. The van der Waals surface area contributed by atoms with E-state index < -0.39 is 6.10 Å². The number of nitrogens with one attached hydrogen (secondary N) is 2. The Bertz CT molecular complexity index is 1070. The van der Waals surface area contributed by atoms with Crippen molar-refractivity contribution < 1.29 is 14.3 Å². The molecule has 6 heteroatoms. The van der Waals surface area contributed by atoms with Crippen molar-refractivity contribution in [3.05, 3.63) is 95.6 Å². The van der Waals surface area contributed by atoms with E-state index in [9.17, 15) is 9.59 Å². The molecular formula is C26H27N3O3. The second kappa shape index (κ2) is 10.0. The number of rotatable bonds is 6. The molecule has 164 valence electrons. The van der Waals surface area contributed by atoms with Crippen molar-refractivity contribution in [2.24, 2.45) is 0 Å². The Hall–Kier alpha value is -3.80. The monoisotopic (exact) mass is 429 g/mol. The van der Waals surface area contributed by atoms with Crippen molar-refractivity contribution in [2.75, 3.05) is 5.32 Å². The number of urea groups is 1. The van der Waals surface area contributed by atoms with Gasteiger partial charge in [0.2, 0.25) is 0 Å². The molecule has 0 spiro atoms. The highest BCUT2D eigenvalue weighted by Gasteiger charge is 2.30.